The average molecular weight is 509 g/mol. The van der Waals surface area contributed by atoms with Crippen LogP contribution >= 0.6 is 24.0 Å². The number of aliphatic hydroxyl groups is 1. The summed E-state index contributed by atoms with van der Waals surface area (Å²) in [7, 11) is -0.787. The SMILES string of the molecule is CC(C)c1nn(CC(F)=CCN)c(C(C)O)c1Cc1ccc(S(=O)(=O)N(C)C)c(Cl)c1.Cl. The predicted molar refractivity (Wildman–Crippen MR) is 128 cm³/mol. The van der Waals surface area contributed by atoms with Gasteiger partial charge in [-0.1, -0.05) is 31.5 Å². The van der Waals surface area contributed by atoms with Crippen LogP contribution in [0.4, 0.5) is 4.39 Å². The number of aliphatic hydroxyl groups excluding tert-OH is 1. The highest BCUT2D eigenvalue weighted by Crippen LogP contribution is 2.31. The maximum absolute atomic E-state index is 14.1. The Kier molecular flexibility index (Phi) is 10.3. The fourth-order valence-electron chi connectivity index (χ4n) is 3.36. The van der Waals surface area contributed by atoms with Crippen LogP contribution in [-0.2, 0) is 23.0 Å². The van der Waals surface area contributed by atoms with E-state index >= 15 is 0 Å². The van der Waals surface area contributed by atoms with Crippen molar-refractivity contribution in [3.05, 3.63) is 57.6 Å². The van der Waals surface area contributed by atoms with E-state index in [4.69, 9.17) is 17.3 Å². The van der Waals surface area contributed by atoms with Crippen molar-refractivity contribution in [1.29, 1.82) is 0 Å². The molecule has 0 bridgehead atoms. The monoisotopic (exact) mass is 508 g/mol. The van der Waals surface area contributed by atoms with Gasteiger partial charge >= 0.3 is 0 Å². The summed E-state index contributed by atoms with van der Waals surface area (Å²) in [5.41, 5.74) is 8.15. The van der Waals surface area contributed by atoms with Crippen molar-refractivity contribution in [2.24, 2.45) is 5.73 Å². The Morgan fingerprint density at radius 2 is 1.97 bits per heavy atom. The van der Waals surface area contributed by atoms with Crippen LogP contribution in [0.1, 0.15) is 55.3 Å². The van der Waals surface area contributed by atoms with Crippen molar-refractivity contribution < 1.29 is 17.9 Å². The first kappa shape index (κ1) is 28.5. The lowest BCUT2D eigenvalue weighted by Gasteiger charge is -2.15. The lowest BCUT2D eigenvalue weighted by Crippen LogP contribution is -2.22. The molecule has 0 amide bonds. The molecule has 2 rings (SSSR count). The van der Waals surface area contributed by atoms with E-state index in [0.717, 1.165) is 21.1 Å². The van der Waals surface area contributed by atoms with Crippen molar-refractivity contribution in [1.82, 2.24) is 14.1 Å². The molecule has 1 unspecified atom stereocenters. The second kappa shape index (κ2) is 11.6. The summed E-state index contributed by atoms with van der Waals surface area (Å²) in [5.74, 6) is -0.408. The molecule has 1 aromatic carbocycles. The molecule has 1 heterocycles. The Labute approximate surface area is 200 Å². The predicted octanol–water partition coefficient (Wildman–Crippen LogP) is 3.79. The van der Waals surface area contributed by atoms with Crippen LogP contribution in [0.5, 0.6) is 0 Å². The number of hydrogen-bond acceptors (Lipinski definition) is 5. The second-order valence-electron chi connectivity index (χ2n) is 7.85. The van der Waals surface area contributed by atoms with Crippen molar-refractivity contribution in [2.75, 3.05) is 20.6 Å². The first-order valence-corrected chi connectivity index (χ1v) is 11.7. The van der Waals surface area contributed by atoms with E-state index in [-0.39, 0.29) is 41.3 Å². The van der Waals surface area contributed by atoms with E-state index in [1.165, 1.54) is 30.9 Å². The first-order valence-electron chi connectivity index (χ1n) is 9.93. The summed E-state index contributed by atoms with van der Waals surface area (Å²) in [6.45, 7) is 5.48. The van der Waals surface area contributed by atoms with Crippen LogP contribution in [0, 0.1) is 0 Å². The van der Waals surface area contributed by atoms with Crippen molar-refractivity contribution in [2.45, 2.75) is 50.7 Å². The van der Waals surface area contributed by atoms with Crippen molar-refractivity contribution >= 4 is 34.0 Å². The smallest absolute Gasteiger partial charge is 0.244 e. The molecule has 7 nitrogen and oxygen atoms in total. The third-order valence-electron chi connectivity index (χ3n) is 4.84. The van der Waals surface area contributed by atoms with Gasteiger partial charge in [-0.25, -0.2) is 17.1 Å². The average Bonchev–Trinajstić information content (AvgIpc) is 2.99. The molecule has 180 valence electrons. The Morgan fingerprint density at radius 1 is 1.34 bits per heavy atom. The highest BCUT2D eigenvalue weighted by atomic mass is 35.5. The number of hydrogen-bond donors (Lipinski definition) is 2. The molecule has 0 aliphatic heterocycles. The van der Waals surface area contributed by atoms with Crippen LogP contribution in [0.25, 0.3) is 0 Å². The minimum absolute atomic E-state index is 0. The highest BCUT2D eigenvalue weighted by Gasteiger charge is 2.25. The number of nitrogens with two attached hydrogens (primary N) is 1. The maximum atomic E-state index is 14.1. The number of allylic oxidation sites excluding steroid dienone is 1. The third kappa shape index (κ3) is 6.30. The molecule has 1 atom stereocenters. The molecule has 0 saturated carbocycles. The summed E-state index contributed by atoms with van der Waals surface area (Å²) in [5, 5.41) is 15.1. The summed E-state index contributed by atoms with van der Waals surface area (Å²) >= 11 is 6.29. The molecule has 32 heavy (non-hydrogen) atoms. The second-order valence-corrected chi connectivity index (χ2v) is 10.4. The van der Waals surface area contributed by atoms with Gasteiger partial charge in [0.15, 0.2) is 0 Å². The summed E-state index contributed by atoms with van der Waals surface area (Å²) in [6, 6.07) is 4.75. The molecule has 1 aromatic heterocycles. The number of rotatable bonds is 9. The first-order chi connectivity index (χ1) is 14.4. The van der Waals surface area contributed by atoms with E-state index in [9.17, 15) is 17.9 Å². The molecule has 0 aliphatic carbocycles. The topological polar surface area (TPSA) is 101 Å². The fraction of sp³-hybridized carbons (Fsp3) is 0.476. The van der Waals surface area contributed by atoms with Gasteiger partial charge in [0.2, 0.25) is 10.0 Å². The molecular weight excluding hydrogens is 478 g/mol. The normalized spacial score (nSPS) is 13.5. The number of halogens is 3. The highest BCUT2D eigenvalue weighted by molar-refractivity contribution is 7.89. The number of nitrogens with zero attached hydrogens (tertiary/aromatic N) is 3. The zero-order valence-corrected chi connectivity index (χ0v) is 21.2. The molecule has 0 aliphatic rings. The van der Waals surface area contributed by atoms with Gasteiger partial charge in [0.1, 0.15) is 10.7 Å². The van der Waals surface area contributed by atoms with Gasteiger partial charge < -0.3 is 10.8 Å². The standard InChI is InChI=1S/C21H30ClFN4O3S.ClH/c1-13(2)20-17(21(14(3)28)27(25-20)12-16(23)8-9-24)10-15-6-7-19(18(22)11-15)31(29,30)26(4)5;/h6-8,11,13-14,28H,9-10,12,24H2,1-5H3;1H. The number of aromatic nitrogens is 2. The van der Waals surface area contributed by atoms with E-state index in [2.05, 4.69) is 5.10 Å². The fourth-order valence-corrected chi connectivity index (χ4v) is 4.80. The molecule has 0 radical (unpaired) electrons. The van der Waals surface area contributed by atoms with Gasteiger partial charge in [0.05, 0.1) is 29.1 Å². The number of sulfonamides is 1. The van der Waals surface area contributed by atoms with Crippen molar-refractivity contribution in [3.8, 4) is 0 Å². The summed E-state index contributed by atoms with van der Waals surface area (Å²) in [6.07, 6.45) is 0.744. The van der Waals surface area contributed by atoms with Gasteiger partial charge in [-0.05, 0) is 36.6 Å². The molecular formula is C21H31Cl2FN4O3S. The van der Waals surface area contributed by atoms with Gasteiger partial charge in [-0.15, -0.1) is 12.4 Å². The minimum atomic E-state index is -3.67. The Hall–Kier alpha value is -1.49. The van der Waals surface area contributed by atoms with E-state index in [1.807, 2.05) is 13.8 Å². The summed E-state index contributed by atoms with van der Waals surface area (Å²) < 4.78 is 41.5. The van der Waals surface area contributed by atoms with Gasteiger partial charge in [0, 0.05) is 32.6 Å². The van der Waals surface area contributed by atoms with Gasteiger partial charge in [-0.3, -0.25) is 4.68 Å². The van der Waals surface area contributed by atoms with Crippen LogP contribution in [0.2, 0.25) is 5.02 Å². The van der Waals surface area contributed by atoms with Crippen LogP contribution < -0.4 is 5.73 Å². The molecule has 0 saturated heterocycles. The molecule has 3 N–H and O–H groups in total. The molecule has 0 spiro atoms. The minimum Gasteiger partial charge on any atom is -0.387 e. The van der Waals surface area contributed by atoms with E-state index < -0.39 is 22.0 Å². The van der Waals surface area contributed by atoms with Crippen LogP contribution in [0.15, 0.2) is 35.0 Å². The quantitative estimate of drug-likeness (QED) is 0.536. The van der Waals surface area contributed by atoms with Crippen LogP contribution in [-0.4, -0.2) is 48.3 Å². The van der Waals surface area contributed by atoms with Crippen LogP contribution in [0.3, 0.4) is 0 Å². The summed E-state index contributed by atoms with van der Waals surface area (Å²) in [4.78, 5) is 0.0208. The Balaban J connectivity index is 0.00000512. The van der Waals surface area contributed by atoms with Gasteiger partial charge in [0.25, 0.3) is 0 Å². The van der Waals surface area contributed by atoms with Crippen molar-refractivity contribution in [3.63, 3.8) is 0 Å². The maximum Gasteiger partial charge on any atom is 0.244 e. The third-order valence-corrected chi connectivity index (χ3v) is 7.14. The van der Waals surface area contributed by atoms with E-state index in [0.29, 0.717) is 12.1 Å². The Bertz CT molecular complexity index is 1070. The largest absolute Gasteiger partial charge is 0.387 e. The molecule has 11 heteroatoms. The number of benzene rings is 1. The van der Waals surface area contributed by atoms with E-state index in [1.54, 1.807) is 19.1 Å². The lowest BCUT2D eigenvalue weighted by molar-refractivity contribution is 0.186. The zero-order valence-electron chi connectivity index (χ0n) is 18.8. The zero-order chi connectivity index (χ0) is 23.5. The van der Waals surface area contributed by atoms with Gasteiger partial charge in [-0.2, -0.15) is 5.10 Å². The Morgan fingerprint density at radius 3 is 2.44 bits per heavy atom. The lowest BCUT2D eigenvalue weighted by atomic mass is 9.96. The molecule has 2 aromatic rings. The molecule has 0 fully saturated rings.